The lowest BCUT2D eigenvalue weighted by atomic mass is 10.0. The number of carbonyl (C=O) groups is 1. The van der Waals surface area contributed by atoms with Crippen molar-refractivity contribution in [3.05, 3.63) is 65.9 Å². The summed E-state index contributed by atoms with van der Waals surface area (Å²) < 4.78 is 11.3. The SMILES string of the molecule is COc1ccc2cc([C@H]3CN(c4cc(C(N)=O)ccn4)CCO3)ccc2c1. The minimum absolute atomic E-state index is 0.0655. The van der Waals surface area contributed by atoms with E-state index in [0.29, 0.717) is 18.7 Å². The van der Waals surface area contributed by atoms with Crippen LogP contribution in [0.25, 0.3) is 10.8 Å². The van der Waals surface area contributed by atoms with E-state index in [1.807, 2.05) is 12.1 Å². The van der Waals surface area contributed by atoms with Gasteiger partial charge in [-0.3, -0.25) is 4.79 Å². The molecule has 1 saturated heterocycles. The van der Waals surface area contributed by atoms with Crippen molar-refractivity contribution >= 4 is 22.5 Å². The van der Waals surface area contributed by atoms with Crippen molar-refractivity contribution in [3.8, 4) is 5.75 Å². The maximum Gasteiger partial charge on any atom is 0.248 e. The van der Waals surface area contributed by atoms with Crippen LogP contribution in [0.4, 0.5) is 5.82 Å². The van der Waals surface area contributed by atoms with Gasteiger partial charge in [0, 0.05) is 24.8 Å². The van der Waals surface area contributed by atoms with Gasteiger partial charge in [0.25, 0.3) is 0 Å². The number of hydrogen-bond acceptors (Lipinski definition) is 5. The van der Waals surface area contributed by atoms with Crippen LogP contribution < -0.4 is 15.4 Å². The molecule has 1 aromatic heterocycles. The zero-order valence-corrected chi connectivity index (χ0v) is 15.1. The van der Waals surface area contributed by atoms with E-state index in [1.165, 1.54) is 0 Å². The van der Waals surface area contributed by atoms with Crippen molar-refractivity contribution in [2.75, 3.05) is 31.7 Å². The number of fused-ring (bicyclic) bond motifs is 1. The zero-order chi connectivity index (χ0) is 18.8. The van der Waals surface area contributed by atoms with Crippen LogP contribution in [0.3, 0.4) is 0 Å². The Hall–Kier alpha value is -3.12. The smallest absolute Gasteiger partial charge is 0.248 e. The topological polar surface area (TPSA) is 77.7 Å². The van der Waals surface area contributed by atoms with Gasteiger partial charge in [-0.15, -0.1) is 0 Å². The number of anilines is 1. The maximum atomic E-state index is 11.4. The molecule has 1 aliphatic heterocycles. The average molecular weight is 363 g/mol. The Kier molecular flexibility index (Phi) is 4.64. The number of benzene rings is 2. The largest absolute Gasteiger partial charge is 0.497 e. The van der Waals surface area contributed by atoms with Crippen LogP contribution in [0.5, 0.6) is 5.75 Å². The van der Waals surface area contributed by atoms with Crippen LogP contribution in [-0.2, 0) is 4.74 Å². The standard InChI is InChI=1S/C21H21N3O3/c1-26-18-5-4-14-10-16(3-2-15(14)11-18)19-13-24(8-9-27-19)20-12-17(21(22)25)6-7-23-20/h2-7,10-12,19H,8-9,13H2,1H3,(H2,22,25)/t19-/m1/s1. The Labute approximate surface area is 157 Å². The molecule has 3 aromatic rings. The molecule has 0 aliphatic carbocycles. The number of morpholine rings is 1. The highest BCUT2D eigenvalue weighted by atomic mass is 16.5. The quantitative estimate of drug-likeness (QED) is 0.771. The Morgan fingerprint density at radius 1 is 1.19 bits per heavy atom. The fraction of sp³-hybridized carbons (Fsp3) is 0.238. The second kappa shape index (κ2) is 7.25. The molecule has 2 heterocycles. The number of nitrogens with zero attached hydrogens (tertiary/aromatic N) is 2. The van der Waals surface area contributed by atoms with Gasteiger partial charge in [-0.2, -0.15) is 0 Å². The number of nitrogens with two attached hydrogens (primary N) is 1. The molecule has 1 aliphatic rings. The van der Waals surface area contributed by atoms with Gasteiger partial charge in [0.15, 0.2) is 0 Å². The van der Waals surface area contributed by atoms with Crippen molar-refractivity contribution in [2.24, 2.45) is 5.73 Å². The number of primary amides is 1. The summed E-state index contributed by atoms with van der Waals surface area (Å²) in [5, 5.41) is 2.27. The summed E-state index contributed by atoms with van der Waals surface area (Å²) in [7, 11) is 1.67. The highest BCUT2D eigenvalue weighted by Crippen LogP contribution is 2.29. The first-order valence-corrected chi connectivity index (χ1v) is 8.84. The molecule has 1 atom stereocenters. The third-order valence-electron chi connectivity index (χ3n) is 4.86. The van der Waals surface area contributed by atoms with E-state index in [2.05, 4.69) is 34.1 Å². The van der Waals surface area contributed by atoms with Gasteiger partial charge in [0.2, 0.25) is 5.91 Å². The molecule has 6 nitrogen and oxygen atoms in total. The number of pyridine rings is 1. The van der Waals surface area contributed by atoms with Crippen molar-refractivity contribution in [3.63, 3.8) is 0 Å². The van der Waals surface area contributed by atoms with E-state index in [4.69, 9.17) is 15.2 Å². The Morgan fingerprint density at radius 3 is 2.81 bits per heavy atom. The molecule has 6 heteroatoms. The molecule has 0 saturated carbocycles. The van der Waals surface area contributed by atoms with Crippen LogP contribution in [0, 0.1) is 0 Å². The molecule has 2 aromatic carbocycles. The van der Waals surface area contributed by atoms with Crippen molar-refractivity contribution in [1.82, 2.24) is 4.98 Å². The van der Waals surface area contributed by atoms with Gasteiger partial charge in [0.1, 0.15) is 17.7 Å². The maximum absolute atomic E-state index is 11.4. The Morgan fingerprint density at radius 2 is 2.00 bits per heavy atom. The average Bonchev–Trinajstić information content (AvgIpc) is 2.73. The van der Waals surface area contributed by atoms with Gasteiger partial charge in [-0.1, -0.05) is 18.2 Å². The second-order valence-corrected chi connectivity index (χ2v) is 6.54. The number of ether oxygens (including phenoxy) is 2. The normalized spacial score (nSPS) is 17.1. The number of carbonyl (C=O) groups excluding carboxylic acids is 1. The molecule has 138 valence electrons. The van der Waals surface area contributed by atoms with E-state index in [0.717, 1.165) is 34.4 Å². The van der Waals surface area contributed by atoms with E-state index in [-0.39, 0.29) is 6.10 Å². The van der Waals surface area contributed by atoms with Gasteiger partial charge < -0.3 is 20.1 Å². The van der Waals surface area contributed by atoms with Crippen LogP contribution in [-0.4, -0.2) is 37.7 Å². The molecular weight excluding hydrogens is 342 g/mol. The van der Waals surface area contributed by atoms with E-state index < -0.39 is 5.91 Å². The molecule has 4 rings (SSSR count). The number of amides is 1. The minimum atomic E-state index is -0.451. The third kappa shape index (κ3) is 3.57. The van der Waals surface area contributed by atoms with Crippen LogP contribution in [0.2, 0.25) is 0 Å². The summed E-state index contributed by atoms with van der Waals surface area (Å²) in [6.45, 7) is 1.97. The van der Waals surface area contributed by atoms with Crippen LogP contribution in [0.15, 0.2) is 54.7 Å². The first-order chi connectivity index (χ1) is 13.1. The summed E-state index contributed by atoms with van der Waals surface area (Å²) in [6, 6.07) is 15.7. The molecule has 1 amide bonds. The number of methoxy groups -OCH3 is 1. The second-order valence-electron chi connectivity index (χ2n) is 6.54. The van der Waals surface area contributed by atoms with E-state index in [9.17, 15) is 4.79 Å². The molecule has 0 bridgehead atoms. The molecule has 1 fully saturated rings. The fourth-order valence-electron chi connectivity index (χ4n) is 3.37. The third-order valence-corrected chi connectivity index (χ3v) is 4.86. The van der Waals surface area contributed by atoms with E-state index in [1.54, 1.807) is 25.4 Å². The summed E-state index contributed by atoms with van der Waals surface area (Å²) in [5.74, 6) is 1.13. The van der Waals surface area contributed by atoms with Crippen molar-refractivity contribution < 1.29 is 14.3 Å². The summed E-state index contributed by atoms with van der Waals surface area (Å²) >= 11 is 0. The predicted octanol–water partition coefficient (Wildman–Crippen LogP) is 2.92. The first kappa shape index (κ1) is 17.3. The lowest BCUT2D eigenvalue weighted by molar-refractivity contribution is 0.0396. The minimum Gasteiger partial charge on any atom is -0.497 e. The lowest BCUT2D eigenvalue weighted by Crippen LogP contribution is -2.39. The van der Waals surface area contributed by atoms with Gasteiger partial charge in [-0.05, 0) is 46.7 Å². The Bertz CT molecular complexity index is 989. The summed E-state index contributed by atoms with van der Waals surface area (Å²) in [6.07, 6.45) is 1.55. The molecule has 0 radical (unpaired) electrons. The number of aromatic nitrogens is 1. The molecule has 2 N–H and O–H groups in total. The monoisotopic (exact) mass is 363 g/mol. The summed E-state index contributed by atoms with van der Waals surface area (Å²) in [5.41, 5.74) is 6.96. The van der Waals surface area contributed by atoms with Gasteiger partial charge >= 0.3 is 0 Å². The van der Waals surface area contributed by atoms with Gasteiger partial charge in [0.05, 0.1) is 13.7 Å². The molecule has 0 spiro atoms. The predicted molar refractivity (Wildman–Crippen MR) is 104 cm³/mol. The molecular formula is C21H21N3O3. The highest BCUT2D eigenvalue weighted by Gasteiger charge is 2.23. The van der Waals surface area contributed by atoms with E-state index >= 15 is 0 Å². The molecule has 0 unspecified atom stereocenters. The van der Waals surface area contributed by atoms with Crippen LogP contribution >= 0.6 is 0 Å². The highest BCUT2D eigenvalue weighted by molar-refractivity contribution is 5.93. The van der Waals surface area contributed by atoms with Crippen molar-refractivity contribution in [2.45, 2.75) is 6.10 Å². The Balaban J connectivity index is 1.58. The summed E-state index contributed by atoms with van der Waals surface area (Å²) in [4.78, 5) is 17.9. The van der Waals surface area contributed by atoms with Crippen molar-refractivity contribution in [1.29, 1.82) is 0 Å². The van der Waals surface area contributed by atoms with Gasteiger partial charge in [-0.25, -0.2) is 4.98 Å². The zero-order valence-electron chi connectivity index (χ0n) is 15.1. The van der Waals surface area contributed by atoms with Crippen LogP contribution in [0.1, 0.15) is 22.0 Å². The molecule has 27 heavy (non-hydrogen) atoms. The fourth-order valence-corrected chi connectivity index (χ4v) is 3.37. The first-order valence-electron chi connectivity index (χ1n) is 8.84. The number of rotatable bonds is 4. The lowest BCUT2D eigenvalue weighted by Gasteiger charge is -2.34. The number of hydrogen-bond donors (Lipinski definition) is 1.